The Morgan fingerprint density at radius 3 is 1.08 bits per heavy atom. The van der Waals surface area contributed by atoms with Crippen LogP contribution in [0.25, 0.3) is 0 Å². The lowest BCUT2D eigenvalue weighted by Gasteiger charge is -1.95. The average molecular weight is 389 g/mol. The van der Waals surface area contributed by atoms with Gasteiger partial charge in [-0.25, -0.2) is 0 Å². The summed E-state index contributed by atoms with van der Waals surface area (Å²) in [6, 6.07) is 0. The van der Waals surface area contributed by atoms with Crippen LogP contribution in [0.15, 0.2) is 0 Å². The molecule has 12 N–H and O–H groups in total. The maximum absolute atomic E-state index is 8.25. The highest BCUT2D eigenvalue weighted by Crippen LogP contribution is 1.89. The van der Waals surface area contributed by atoms with Crippen LogP contribution < -0.4 is 22.9 Å². The van der Waals surface area contributed by atoms with E-state index in [4.69, 9.17) is 52.8 Å². The molecule has 0 aliphatic heterocycles. The van der Waals surface area contributed by atoms with Crippen molar-refractivity contribution in [2.24, 2.45) is 22.9 Å². The highest BCUT2D eigenvalue weighted by atomic mass is 16.5. The molecule has 0 aliphatic carbocycles. The van der Waals surface area contributed by atoms with E-state index in [1.807, 2.05) is 0 Å². The smallest absolute Gasteiger partial charge is 0.0698 e. The molecule has 0 amide bonds. The summed E-state index contributed by atoms with van der Waals surface area (Å²) < 4.78 is 9.51. The van der Waals surface area contributed by atoms with Gasteiger partial charge in [-0.3, -0.25) is 0 Å². The predicted octanol–water partition coefficient (Wildman–Crippen LogP) is -2.66. The molecule has 10 nitrogen and oxygen atoms in total. The monoisotopic (exact) mass is 388 g/mol. The second kappa shape index (κ2) is 44.2. The molecule has 0 aromatic heterocycles. The molecule has 10 heteroatoms. The van der Waals surface area contributed by atoms with Crippen LogP contribution in [0.3, 0.4) is 0 Å². The number of aliphatic hydroxyl groups excluding tert-OH is 4. The third-order valence-electron chi connectivity index (χ3n) is 2.22. The molecule has 164 valence electrons. The van der Waals surface area contributed by atoms with E-state index in [-0.39, 0.29) is 19.8 Å². The SMILES string of the molecule is NCCCCCO.NCCCO.NCCOCCO.NCCOCCO. The molecule has 0 fully saturated rings. The van der Waals surface area contributed by atoms with Crippen molar-refractivity contribution in [2.45, 2.75) is 25.7 Å². The van der Waals surface area contributed by atoms with Crippen molar-refractivity contribution in [2.75, 3.05) is 79.0 Å². The van der Waals surface area contributed by atoms with Crippen LogP contribution in [0.5, 0.6) is 0 Å². The Bertz CT molecular complexity index is 147. The Kier molecular flexibility index (Phi) is 56.5. The third kappa shape index (κ3) is 65.2. The molecule has 0 aromatic carbocycles. The number of hydrogen-bond donors (Lipinski definition) is 8. The molecular weight excluding hydrogens is 344 g/mol. The zero-order chi connectivity index (χ0) is 20.7. The van der Waals surface area contributed by atoms with Gasteiger partial charge in [-0.1, -0.05) is 0 Å². The maximum Gasteiger partial charge on any atom is 0.0698 e. The predicted molar refractivity (Wildman–Crippen MR) is 105 cm³/mol. The molecule has 0 rings (SSSR count). The fourth-order valence-corrected chi connectivity index (χ4v) is 1.02. The van der Waals surface area contributed by atoms with Crippen LogP contribution in [0.4, 0.5) is 0 Å². The summed E-state index contributed by atoms with van der Waals surface area (Å²) in [4.78, 5) is 0. The van der Waals surface area contributed by atoms with Crippen molar-refractivity contribution in [3.63, 3.8) is 0 Å². The second-order valence-electron chi connectivity index (χ2n) is 4.69. The second-order valence-corrected chi connectivity index (χ2v) is 4.69. The van der Waals surface area contributed by atoms with E-state index in [0.717, 1.165) is 32.2 Å². The summed E-state index contributed by atoms with van der Waals surface area (Å²) in [5.74, 6) is 0. The lowest BCUT2D eigenvalue weighted by atomic mass is 10.2. The van der Waals surface area contributed by atoms with Gasteiger partial charge in [0.1, 0.15) is 0 Å². The molecule has 0 heterocycles. The highest BCUT2D eigenvalue weighted by molar-refractivity contribution is 4.38. The van der Waals surface area contributed by atoms with Crippen molar-refractivity contribution >= 4 is 0 Å². The number of unbranched alkanes of at least 4 members (excludes halogenated alkanes) is 2. The first-order valence-corrected chi connectivity index (χ1v) is 9.05. The van der Waals surface area contributed by atoms with Crippen LogP contribution >= 0.6 is 0 Å². The van der Waals surface area contributed by atoms with Gasteiger partial charge in [0.2, 0.25) is 0 Å². The first-order valence-electron chi connectivity index (χ1n) is 9.05. The van der Waals surface area contributed by atoms with Crippen LogP contribution in [0.2, 0.25) is 0 Å². The summed E-state index contributed by atoms with van der Waals surface area (Å²) in [5.41, 5.74) is 20.3. The van der Waals surface area contributed by atoms with Crippen molar-refractivity contribution in [1.82, 2.24) is 0 Å². The summed E-state index contributed by atoms with van der Waals surface area (Å²) >= 11 is 0. The van der Waals surface area contributed by atoms with Gasteiger partial charge in [0.25, 0.3) is 0 Å². The van der Waals surface area contributed by atoms with Gasteiger partial charge in [-0.2, -0.15) is 0 Å². The number of hydrogen-bond acceptors (Lipinski definition) is 10. The van der Waals surface area contributed by atoms with Crippen molar-refractivity contribution in [3.8, 4) is 0 Å². The Balaban J connectivity index is -0.000000125. The van der Waals surface area contributed by atoms with Gasteiger partial charge in [0.15, 0.2) is 0 Å². The average Bonchev–Trinajstić information content (AvgIpc) is 2.65. The maximum atomic E-state index is 8.25. The number of aliphatic hydroxyl groups is 4. The van der Waals surface area contributed by atoms with E-state index in [1.54, 1.807) is 0 Å². The van der Waals surface area contributed by atoms with E-state index in [9.17, 15) is 0 Å². The van der Waals surface area contributed by atoms with Crippen molar-refractivity contribution in [3.05, 3.63) is 0 Å². The molecule has 0 bridgehead atoms. The quantitative estimate of drug-likeness (QED) is 0.145. The molecule has 0 saturated heterocycles. The van der Waals surface area contributed by atoms with E-state index in [0.29, 0.717) is 52.7 Å². The standard InChI is InChI=1S/C5H13NO.2C4H11NO2.C3H9NO/c6-4-2-1-3-5-7;2*5-1-3-7-4-2-6;4-2-1-3-5/h7H,1-6H2;2*6H,1-5H2;5H,1-4H2. The summed E-state index contributed by atoms with van der Waals surface area (Å²) in [5, 5.41) is 32.5. The largest absolute Gasteiger partial charge is 0.396 e. The molecule has 0 aromatic rings. The lowest BCUT2D eigenvalue weighted by molar-refractivity contribution is 0.0976. The van der Waals surface area contributed by atoms with E-state index < -0.39 is 0 Å². The molecule has 0 spiro atoms. The van der Waals surface area contributed by atoms with Crippen LogP contribution in [-0.4, -0.2) is 99.5 Å². The highest BCUT2D eigenvalue weighted by Gasteiger charge is 1.81. The summed E-state index contributed by atoms with van der Waals surface area (Å²) in [6.07, 6.45) is 3.73. The fourth-order valence-electron chi connectivity index (χ4n) is 1.02. The van der Waals surface area contributed by atoms with Crippen molar-refractivity contribution in [1.29, 1.82) is 0 Å². The normalized spacial score (nSPS) is 9.23. The first kappa shape index (κ1) is 33.2. The minimum atomic E-state index is 0.0833. The number of ether oxygens (including phenoxy) is 2. The zero-order valence-corrected chi connectivity index (χ0v) is 16.2. The van der Waals surface area contributed by atoms with Crippen LogP contribution in [0.1, 0.15) is 25.7 Å². The molecule has 26 heavy (non-hydrogen) atoms. The Labute approximate surface area is 158 Å². The van der Waals surface area contributed by atoms with E-state index in [1.165, 1.54) is 0 Å². The number of nitrogens with two attached hydrogens (primary N) is 4. The fraction of sp³-hybridized carbons (Fsp3) is 1.00. The minimum absolute atomic E-state index is 0.0833. The molecule has 0 atom stereocenters. The molecule has 0 radical (unpaired) electrons. The molecular formula is C16H44N4O6. The Morgan fingerprint density at radius 2 is 0.846 bits per heavy atom. The Hall–Kier alpha value is -0.400. The summed E-state index contributed by atoms with van der Waals surface area (Å²) in [7, 11) is 0. The topological polar surface area (TPSA) is 203 Å². The van der Waals surface area contributed by atoms with E-state index in [2.05, 4.69) is 0 Å². The van der Waals surface area contributed by atoms with Gasteiger partial charge >= 0.3 is 0 Å². The van der Waals surface area contributed by atoms with Gasteiger partial charge < -0.3 is 52.8 Å². The molecule has 0 unspecified atom stereocenters. The van der Waals surface area contributed by atoms with Crippen LogP contribution in [0, 0.1) is 0 Å². The molecule has 0 aliphatic rings. The first-order chi connectivity index (χ1) is 12.7. The summed E-state index contributed by atoms with van der Waals surface area (Å²) in [6.45, 7) is 4.97. The third-order valence-corrected chi connectivity index (χ3v) is 2.22. The zero-order valence-electron chi connectivity index (χ0n) is 16.2. The Morgan fingerprint density at radius 1 is 0.423 bits per heavy atom. The number of rotatable bonds is 14. The van der Waals surface area contributed by atoms with Gasteiger partial charge in [-0.05, 0) is 38.8 Å². The van der Waals surface area contributed by atoms with Crippen molar-refractivity contribution < 1.29 is 29.9 Å². The van der Waals surface area contributed by atoms with Gasteiger partial charge in [0.05, 0.1) is 39.6 Å². The van der Waals surface area contributed by atoms with Gasteiger partial charge in [-0.15, -0.1) is 0 Å². The van der Waals surface area contributed by atoms with Gasteiger partial charge in [0, 0.05) is 26.3 Å². The molecule has 0 saturated carbocycles. The van der Waals surface area contributed by atoms with E-state index >= 15 is 0 Å². The lowest BCUT2D eigenvalue weighted by Crippen LogP contribution is -2.10. The van der Waals surface area contributed by atoms with Crippen LogP contribution in [-0.2, 0) is 9.47 Å². The minimum Gasteiger partial charge on any atom is -0.396 e.